The molecule has 114 valence electrons. The van der Waals surface area contributed by atoms with E-state index < -0.39 is 28.2 Å². The predicted molar refractivity (Wildman–Crippen MR) is 72.6 cm³/mol. The van der Waals surface area contributed by atoms with Crippen LogP contribution in [0.3, 0.4) is 0 Å². The van der Waals surface area contributed by atoms with Crippen molar-refractivity contribution in [1.82, 2.24) is 0 Å². The van der Waals surface area contributed by atoms with Crippen molar-refractivity contribution in [3.05, 3.63) is 35.5 Å². The first-order valence-corrected chi connectivity index (χ1v) is 7.75. The molecule has 3 N–H and O–H groups in total. The number of sulfonamides is 1. The van der Waals surface area contributed by atoms with E-state index in [0.29, 0.717) is 0 Å². The first-order valence-electron chi connectivity index (χ1n) is 5.39. The summed E-state index contributed by atoms with van der Waals surface area (Å²) < 4.78 is 67.4. The van der Waals surface area contributed by atoms with Crippen molar-refractivity contribution in [2.24, 2.45) is 0 Å². The molecular weight excluding hydrogens is 329 g/mol. The molecule has 0 bridgehead atoms. The number of hydrogen-bond donors (Lipinski definition) is 2. The van der Waals surface area contributed by atoms with Crippen LogP contribution in [0, 0.1) is 5.82 Å². The van der Waals surface area contributed by atoms with E-state index >= 15 is 0 Å². The molecule has 0 aliphatic heterocycles. The van der Waals surface area contributed by atoms with Gasteiger partial charge < -0.3 is 10.5 Å². The van der Waals surface area contributed by atoms with E-state index in [-0.39, 0.29) is 15.6 Å². The summed E-state index contributed by atoms with van der Waals surface area (Å²) >= 11 is 0.898. The van der Waals surface area contributed by atoms with Crippen molar-refractivity contribution >= 4 is 32.7 Å². The van der Waals surface area contributed by atoms with Crippen LogP contribution < -0.4 is 15.2 Å². The summed E-state index contributed by atoms with van der Waals surface area (Å²) in [5.41, 5.74) is 5.59. The van der Waals surface area contributed by atoms with Crippen LogP contribution in [-0.4, -0.2) is 15.0 Å². The lowest BCUT2D eigenvalue weighted by Crippen LogP contribution is -2.12. The Hall–Kier alpha value is -1.94. The summed E-state index contributed by atoms with van der Waals surface area (Å²) in [6, 6.07) is 4.00. The number of hydrogen-bond acceptors (Lipinski definition) is 5. The molecule has 0 spiro atoms. The minimum atomic E-state index is -3.91. The molecule has 0 radical (unpaired) electrons. The van der Waals surface area contributed by atoms with Crippen molar-refractivity contribution in [3.63, 3.8) is 0 Å². The van der Waals surface area contributed by atoms with Crippen molar-refractivity contribution in [2.45, 2.75) is 10.8 Å². The number of nitrogens with one attached hydrogen (secondary N) is 1. The third-order valence-electron chi connectivity index (χ3n) is 2.26. The van der Waals surface area contributed by atoms with Gasteiger partial charge in [0.25, 0.3) is 10.0 Å². The molecule has 10 heteroatoms. The quantitative estimate of drug-likeness (QED) is 0.878. The molecule has 2 rings (SSSR count). The number of benzene rings is 1. The number of anilines is 2. The second-order valence-electron chi connectivity index (χ2n) is 3.83. The van der Waals surface area contributed by atoms with Gasteiger partial charge in [0, 0.05) is 17.1 Å². The monoisotopic (exact) mass is 338 g/mol. The second kappa shape index (κ2) is 5.82. The fraction of sp³-hybridized carbons (Fsp3) is 0.0909. The number of rotatable bonds is 5. The number of ether oxygens (including phenoxy) is 1. The molecule has 1 aromatic carbocycles. The summed E-state index contributed by atoms with van der Waals surface area (Å²) in [6.07, 6.45) is 0. The summed E-state index contributed by atoms with van der Waals surface area (Å²) in [5.74, 6) is -1.78. The molecule has 1 aromatic heterocycles. The highest BCUT2D eigenvalue weighted by Gasteiger charge is 2.18. The Morgan fingerprint density at radius 3 is 2.52 bits per heavy atom. The van der Waals surface area contributed by atoms with Crippen molar-refractivity contribution in [1.29, 1.82) is 0 Å². The van der Waals surface area contributed by atoms with Crippen molar-refractivity contribution in [2.75, 3.05) is 10.5 Å². The van der Waals surface area contributed by atoms with E-state index in [4.69, 9.17) is 5.73 Å². The number of nitrogen functional groups attached to an aromatic ring is 1. The molecule has 0 aliphatic carbocycles. The van der Waals surface area contributed by atoms with Crippen molar-refractivity contribution < 1.29 is 26.3 Å². The highest BCUT2D eigenvalue weighted by atomic mass is 32.2. The lowest BCUT2D eigenvalue weighted by atomic mass is 10.3. The third kappa shape index (κ3) is 3.79. The molecule has 21 heavy (non-hydrogen) atoms. The molecule has 1 heterocycles. The van der Waals surface area contributed by atoms with Gasteiger partial charge in [-0.1, -0.05) is 0 Å². The predicted octanol–water partition coefficient (Wildman–Crippen LogP) is 2.87. The molecule has 0 unspecified atom stereocenters. The third-order valence-corrected chi connectivity index (χ3v) is 5.10. The zero-order valence-corrected chi connectivity index (χ0v) is 11.8. The van der Waals surface area contributed by atoms with Crippen LogP contribution in [0.1, 0.15) is 0 Å². The number of thiophene rings is 1. The fourth-order valence-corrected chi connectivity index (χ4v) is 3.56. The zero-order chi connectivity index (χ0) is 15.6. The van der Waals surface area contributed by atoms with E-state index in [1.807, 2.05) is 0 Å². The largest absolute Gasteiger partial charge is 0.432 e. The molecule has 0 saturated carbocycles. The van der Waals surface area contributed by atoms with Gasteiger partial charge in [-0.25, -0.2) is 12.8 Å². The van der Waals surface area contributed by atoms with Gasteiger partial charge in [-0.15, -0.1) is 11.3 Å². The molecule has 0 aliphatic rings. The molecular formula is C11H9F3N2O3S2. The minimum absolute atomic E-state index is 0.0479. The summed E-state index contributed by atoms with van der Waals surface area (Å²) in [5, 5.41) is 1.44. The zero-order valence-electron chi connectivity index (χ0n) is 10.2. The average Bonchev–Trinajstić information content (AvgIpc) is 2.79. The van der Waals surface area contributed by atoms with E-state index in [0.717, 1.165) is 29.5 Å². The van der Waals surface area contributed by atoms with Crippen LogP contribution in [-0.2, 0) is 10.0 Å². The van der Waals surface area contributed by atoms with E-state index in [2.05, 4.69) is 9.46 Å². The maximum Gasteiger partial charge on any atom is 0.387 e. The van der Waals surface area contributed by atoms with Gasteiger partial charge in [0.15, 0.2) is 11.6 Å². The standard InChI is InChI=1S/C11H9F3N2O3S2/c12-8-4-7(1-2-9(8)19-11(13)14)16-21(17,18)10-3-6(15)5-20-10/h1-5,11,16H,15H2. The molecule has 0 amide bonds. The normalized spacial score (nSPS) is 11.6. The molecule has 2 aromatic rings. The van der Waals surface area contributed by atoms with Crippen LogP contribution in [0.25, 0.3) is 0 Å². The topological polar surface area (TPSA) is 81.4 Å². The Kier molecular flexibility index (Phi) is 4.28. The Labute approximate surface area is 122 Å². The van der Waals surface area contributed by atoms with Gasteiger partial charge in [0.1, 0.15) is 4.21 Å². The summed E-state index contributed by atoms with van der Waals surface area (Å²) in [4.78, 5) is 0. The Morgan fingerprint density at radius 1 is 1.29 bits per heavy atom. The maximum atomic E-state index is 13.5. The first-order chi connectivity index (χ1) is 9.78. The van der Waals surface area contributed by atoms with Crippen LogP contribution in [0.4, 0.5) is 24.5 Å². The number of halogens is 3. The molecule has 0 atom stereocenters. The van der Waals surface area contributed by atoms with Gasteiger partial charge in [-0.3, -0.25) is 4.72 Å². The number of alkyl halides is 2. The highest BCUT2D eigenvalue weighted by molar-refractivity contribution is 7.94. The van der Waals surface area contributed by atoms with Crippen LogP contribution in [0.2, 0.25) is 0 Å². The SMILES string of the molecule is Nc1csc(S(=O)(=O)Nc2ccc(OC(F)F)c(F)c2)c1. The Morgan fingerprint density at radius 2 is 2.00 bits per heavy atom. The van der Waals surface area contributed by atoms with Crippen LogP contribution in [0.15, 0.2) is 33.9 Å². The van der Waals surface area contributed by atoms with E-state index in [9.17, 15) is 21.6 Å². The van der Waals surface area contributed by atoms with Gasteiger partial charge in [0.2, 0.25) is 0 Å². The minimum Gasteiger partial charge on any atom is -0.432 e. The Balaban J connectivity index is 2.22. The van der Waals surface area contributed by atoms with E-state index in [1.165, 1.54) is 11.4 Å². The van der Waals surface area contributed by atoms with Crippen LogP contribution >= 0.6 is 11.3 Å². The Bertz CT molecular complexity index is 747. The van der Waals surface area contributed by atoms with Crippen molar-refractivity contribution in [3.8, 4) is 5.75 Å². The smallest absolute Gasteiger partial charge is 0.387 e. The van der Waals surface area contributed by atoms with Gasteiger partial charge >= 0.3 is 6.61 Å². The molecule has 0 fully saturated rings. The van der Waals surface area contributed by atoms with Gasteiger partial charge in [-0.05, 0) is 18.2 Å². The first kappa shape index (κ1) is 15.4. The summed E-state index contributed by atoms with van der Waals surface area (Å²) in [6.45, 7) is -3.17. The lowest BCUT2D eigenvalue weighted by Gasteiger charge is -2.09. The van der Waals surface area contributed by atoms with Crippen LogP contribution in [0.5, 0.6) is 5.75 Å². The number of nitrogens with two attached hydrogens (primary N) is 1. The average molecular weight is 338 g/mol. The lowest BCUT2D eigenvalue weighted by molar-refractivity contribution is -0.0521. The molecule has 0 saturated heterocycles. The van der Waals surface area contributed by atoms with E-state index in [1.54, 1.807) is 0 Å². The summed E-state index contributed by atoms with van der Waals surface area (Å²) in [7, 11) is -3.91. The van der Waals surface area contributed by atoms with Gasteiger partial charge in [0.05, 0.1) is 5.69 Å². The molecule has 5 nitrogen and oxygen atoms in total. The second-order valence-corrected chi connectivity index (χ2v) is 6.65. The van der Waals surface area contributed by atoms with Gasteiger partial charge in [-0.2, -0.15) is 8.78 Å². The maximum absolute atomic E-state index is 13.5. The highest BCUT2D eigenvalue weighted by Crippen LogP contribution is 2.27. The fourth-order valence-electron chi connectivity index (χ4n) is 1.43.